The van der Waals surface area contributed by atoms with Crippen LogP contribution in [0.4, 0.5) is 5.69 Å². The summed E-state index contributed by atoms with van der Waals surface area (Å²) >= 11 is 3.14. The molecule has 0 aliphatic rings. The molecule has 1 aromatic heterocycles. The van der Waals surface area contributed by atoms with Crippen LogP contribution in [-0.2, 0) is 0 Å². The van der Waals surface area contributed by atoms with Crippen LogP contribution in [0.5, 0.6) is 5.88 Å². The van der Waals surface area contributed by atoms with Gasteiger partial charge in [0.15, 0.2) is 5.88 Å². The maximum Gasteiger partial charge on any atom is 0.335 e. The predicted molar refractivity (Wildman–Crippen MR) is 77.8 cm³/mol. The molecule has 108 valence electrons. The molecule has 0 unspecified atom stereocenters. The van der Waals surface area contributed by atoms with Gasteiger partial charge in [0, 0.05) is 22.3 Å². The van der Waals surface area contributed by atoms with Gasteiger partial charge in [0.25, 0.3) is 11.5 Å². The molecule has 0 fully saturated rings. The van der Waals surface area contributed by atoms with E-state index in [2.05, 4.69) is 26.2 Å². The van der Waals surface area contributed by atoms with Gasteiger partial charge in [0.05, 0.1) is 11.1 Å². The van der Waals surface area contributed by atoms with Gasteiger partial charge in [-0.05, 0) is 18.2 Å². The molecule has 0 atom stereocenters. The van der Waals surface area contributed by atoms with Gasteiger partial charge in [-0.3, -0.25) is 14.6 Å². The van der Waals surface area contributed by atoms with Crippen molar-refractivity contribution in [3.05, 3.63) is 56.3 Å². The SMILES string of the molecule is O=C(O)c1cc(Br)cc(NC(=O)c2cc(O)[nH]c(=O)c2)c1. The molecule has 2 rings (SSSR count). The van der Waals surface area contributed by atoms with E-state index in [-0.39, 0.29) is 16.8 Å². The summed E-state index contributed by atoms with van der Waals surface area (Å²) in [5.41, 5.74) is -0.436. The van der Waals surface area contributed by atoms with Gasteiger partial charge in [0.2, 0.25) is 0 Å². The number of aromatic hydroxyl groups is 1. The van der Waals surface area contributed by atoms with Crippen LogP contribution in [-0.4, -0.2) is 27.1 Å². The molecule has 1 amide bonds. The van der Waals surface area contributed by atoms with Crippen molar-refractivity contribution in [2.24, 2.45) is 0 Å². The van der Waals surface area contributed by atoms with Crippen molar-refractivity contribution in [2.75, 3.05) is 5.32 Å². The number of amides is 1. The molecule has 0 aliphatic heterocycles. The molecule has 0 saturated carbocycles. The molecule has 0 radical (unpaired) electrons. The zero-order chi connectivity index (χ0) is 15.6. The van der Waals surface area contributed by atoms with Crippen molar-refractivity contribution in [1.82, 2.24) is 4.98 Å². The van der Waals surface area contributed by atoms with Crippen molar-refractivity contribution in [1.29, 1.82) is 0 Å². The van der Waals surface area contributed by atoms with Gasteiger partial charge in [-0.25, -0.2) is 4.79 Å². The molecule has 4 N–H and O–H groups in total. The fraction of sp³-hybridized carbons (Fsp3) is 0. The lowest BCUT2D eigenvalue weighted by atomic mass is 10.2. The Morgan fingerprint density at radius 2 is 1.81 bits per heavy atom. The Kier molecular flexibility index (Phi) is 4.08. The van der Waals surface area contributed by atoms with Gasteiger partial charge >= 0.3 is 5.97 Å². The van der Waals surface area contributed by atoms with E-state index >= 15 is 0 Å². The third kappa shape index (κ3) is 3.69. The van der Waals surface area contributed by atoms with Crippen LogP contribution in [0.2, 0.25) is 0 Å². The smallest absolute Gasteiger partial charge is 0.335 e. The van der Waals surface area contributed by atoms with E-state index in [0.717, 1.165) is 12.1 Å². The number of H-pyrrole nitrogens is 1. The molecule has 7 nitrogen and oxygen atoms in total. The maximum atomic E-state index is 12.0. The number of aromatic nitrogens is 1. The molecule has 1 aromatic carbocycles. The zero-order valence-electron chi connectivity index (χ0n) is 10.4. The lowest BCUT2D eigenvalue weighted by Crippen LogP contribution is -2.16. The molecule has 21 heavy (non-hydrogen) atoms. The molecule has 0 spiro atoms. The van der Waals surface area contributed by atoms with Crippen molar-refractivity contribution < 1.29 is 19.8 Å². The van der Waals surface area contributed by atoms with E-state index in [0.29, 0.717) is 4.47 Å². The summed E-state index contributed by atoms with van der Waals surface area (Å²) in [5, 5.41) is 20.6. The van der Waals surface area contributed by atoms with Crippen LogP contribution in [0.15, 0.2) is 39.6 Å². The highest BCUT2D eigenvalue weighted by molar-refractivity contribution is 9.10. The molecule has 0 bridgehead atoms. The van der Waals surface area contributed by atoms with E-state index < -0.39 is 23.3 Å². The fourth-order valence-corrected chi connectivity index (χ4v) is 2.14. The summed E-state index contributed by atoms with van der Waals surface area (Å²) in [7, 11) is 0. The minimum Gasteiger partial charge on any atom is -0.494 e. The van der Waals surface area contributed by atoms with Gasteiger partial charge in [-0.15, -0.1) is 0 Å². The monoisotopic (exact) mass is 352 g/mol. The number of aromatic amines is 1. The topological polar surface area (TPSA) is 119 Å². The number of aromatic carboxylic acids is 1. The first-order valence-corrected chi connectivity index (χ1v) is 6.43. The summed E-state index contributed by atoms with van der Waals surface area (Å²) in [6.45, 7) is 0. The number of pyridine rings is 1. The van der Waals surface area contributed by atoms with E-state index in [9.17, 15) is 19.5 Å². The third-order valence-corrected chi connectivity index (χ3v) is 2.95. The molecule has 2 aromatic rings. The number of benzene rings is 1. The van der Waals surface area contributed by atoms with E-state index in [1.165, 1.54) is 18.2 Å². The standard InChI is InChI=1S/C13H9BrN2O5/c14-8-1-7(13(20)21)2-9(5-8)15-12(19)6-3-10(17)16-11(18)4-6/h1-5H,(H,15,19)(H,20,21)(H2,16,17,18). The van der Waals surface area contributed by atoms with Gasteiger partial charge in [0.1, 0.15) is 0 Å². The van der Waals surface area contributed by atoms with E-state index in [1.54, 1.807) is 0 Å². The second-order valence-corrected chi connectivity index (χ2v) is 5.02. The Bertz CT molecular complexity index is 784. The maximum absolute atomic E-state index is 12.0. The number of carbonyl (C=O) groups excluding carboxylic acids is 1. The summed E-state index contributed by atoms with van der Waals surface area (Å²) in [6, 6.07) is 6.28. The first-order chi connectivity index (χ1) is 9.85. The number of hydrogen-bond donors (Lipinski definition) is 4. The van der Waals surface area contributed by atoms with Crippen LogP contribution in [0.25, 0.3) is 0 Å². The Balaban J connectivity index is 2.31. The van der Waals surface area contributed by atoms with Crippen molar-refractivity contribution in [3.63, 3.8) is 0 Å². The predicted octanol–water partition coefficient (Wildman–Crippen LogP) is 1.79. The van der Waals surface area contributed by atoms with Crippen LogP contribution >= 0.6 is 15.9 Å². The average Bonchev–Trinajstić information content (AvgIpc) is 2.36. The third-order valence-electron chi connectivity index (χ3n) is 2.49. The normalized spacial score (nSPS) is 10.1. The largest absolute Gasteiger partial charge is 0.494 e. The fourth-order valence-electron chi connectivity index (χ4n) is 1.65. The summed E-state index contributed by atoms with van der Waals surface area (Å²) in [5.74, 6) is -2.22. The Labute approximate surface area is 126 Å². The van der Waals surface area contributed by atoms with Crippen LogP contribution < -0.4 is 10.9 Å². The van der Waals surface area contributed by atoms with Crippen molar-refractivity contribution >= 4 is 33.5 Å². The molecule has 0 saturated heterocycles. The lowest BCUT2D eigenvalue weighted by Gasteiger charge is -2.07. The summed E-state index contributed by atoms with van der Waals surface area (Å²) in [4.78, 5) is 36.2. The van der Waals surface area contributed by atoms with Crippen LogP contribution in [0, 0.1) is 0 Å². The van der Waals surface area contributed by atoms with Crippen LogP contribution in [0.1, 0.15) is 20.7 Å². The quantitative estimate of drug-likeness (QED) is 0.671. The number of hydrogen-bond acceptors (Lipinski definition) is 4. The number of halogens is 1. The number of carbonyl (C=O) groups is 2. The second-order valence-electron chi connectivity index (χ2n) is 4.11. The molecular weight excluding hydrogens is 344 g/mol. The second kappa shape index (κ2) is 5.80. The van der Waals surface area contributed by atoms with Gasteiger partial charge in [-0.1, -0.05) is 15.9 Å². The Morgan fingerprint density at radius 3 is 2.43 bits per heavy atom. The highest BCUT2D eigenvalue weighted by Gasteiger charge is 2.11. The molecule has 0 aliphatic carbocycles. The van der Waals surface area contributed by atoms with E-state index in [1.807, 2.05) is 0 Å². The minimum absolute atomic E-state index is 0.00608. The number of nitrogens with one attached hydrogen (secondary N) is 2. The summed E-state index contributed by atoms with van der Waals surface area (Å²) in [6.07, 6.45) is 0. The first-order valence-electron chi connectivity index (χ1n) is 5.64. The van der Waals surface area contributed by atoms with Crippen molar-refractivity contribution in [3.8, 4) is 5.88 Å². The lowest BCUT2D eigenvalue weighted by molar-refractivity contribution is 0.0696. The first kappa shape index (κ1) is 14.8. The number of carboxylic acids is 1. The minimum atomic E-state index is -1.14. The zero-order valence-corrected chi connectivity index (χ0v) is 12.0. The van der Waals surface area contributed by atoms with E-state index in [4.69, 9.17) is 5.11 Å². The van der Waals surface area contributed by atoms with Crippen molar-refractivity contribution in [2.45, 2.75) is 0 Å². The number of carboxylic acid groups (broad SMARTS) is 1. The highest BCUT2D eigenvalue weighted by atomic mass is 79.9. The average molecular weight is 353 g/mol. The Morgan fingerprint density at radius 1 is 1.10 bits per heavy atom. The highest BCUT2D eigenvalue weighted by Crippen LogP contribution is 2.20. The van der Waals surface area contributed by atoms with Crippen LogP contribution in [0.3, 0.4) is 0 Å². The number of rotatable bonds is 3. The molecular formula is C13H9BrN2O5. The Hall–Kier alpha value is -2.61. The number of anilines is 1. The van der Waals surface area contributed by atoms with Gasteiger partial charge < -0.3 is 15.5 Å². The molecule has 1 heterocycles. The summed E-state index contributed by atoms with van der Waals surface area (Å²) < 4.78 is 0.478. The molecule has 8 heteroatoms. The van der Waals surface area contributed by atoms with Gasteiger partial charge in [-0.2, -0.15) is 0 Å².